The molecule has 1 N–H and O–H groups in total. The van der Waals surface area contributed by atoms with Gasteiger partial charge in [-0.05, 0) is 38.8 Å². The lowest BCUT2D eigenvalue weighted by atomic mass is 9.95. The van der Waals surface area contributed by atoms with E-state index in [1.165, 1.54) is 0 Å². The third-order valence-electron chi connectivity index (χ3n) is 4.33. The number of aryl methyl sites for hydroxylation is 2. The normalized spacial score (nSPS) is 15.3. The van der Waals surface area contributed by atoms with Gasteiger partial charge in [-0.15, -0.1) is 0 Å². The van der Waals surface area contributed by atoms with Gasteiger partial charge in [-0.3, -0.25) is 9.59 Å². The highest BCUT2D eigenvalue weighted by Crippen LogP contribution is 2.21. The van der Waals surface area contributed by atoms with E-state index in [9.17, 15) is 9.59 Å². The van der Waals surface area contributed by atoms with Crippen LogP contribution in [0.25, 0.3) is 0 Å². The molecule has 2 heterocycles. The van der Waals surface area contributed by atoms with Gasteiger partial charge in [0.25, 0.3) is 5.91 Å². The highest BCUT2D eigenvalue weighted by molar-refractivity contribution is 5.95. The maximum absolute atomic E-state index is 12.5. The largest absolute Gasteiger partial charge is 0.360 e. The van der Waals surface area contributed by atoms with Crippen LogP contribution in [0.3, 0.4) is 0 Å². The molecule has 1 saturated heterocycles. The summed E-state index contributed by atoms with van der Waals surface area (Å²) in [5, 5.41) is 6.54. The van der Waals surface area contributed by atoms with Gasteiger partial charge < -0.3 is 14.7 Å². The molecule has 0 spiro atoms. The molecule has 0 bridgehead atoms. The molecular weight excluding hydrogens is 306 g/mol. The molecule has 6 heteroatoms. The standard InChI is InChI=1S/C18H21N3O3/c1-12-3-5-15(6-4-12)18(23)21-9-7-14(8-10-21)17(22)19-16-11-13(2)24-20-16/h3-6,11,14H,7-10H2,1-2H3,(H,19,20,22). The number of carbonyl (C=O) groups is 2. The molecule has 3 rings (SSSR count). The highest BCUT2D eigenvalue weighted by atomic mass is 16.5. The Labute approximate surface area is 140 Å². The number of nitrogens with one attached hydrogen (secondary N) is 1. The minimum atomic E-state index is -0.107. The van der Waals surface area contributed by atoms with Crippen molar-refractivity contribution in [2.75, 3.05) is 18.4 Å². The van der Waals surface area contributed by atoms with Gasteiger partial charge >= 0.3 is 0 Å². The van der Waals surface area contributed by atoms with Crippen LogP contribution in [-0.4, -0.2) is 35.0 Å². The van der Waals surface area contributed by atoms with Crippen molar-refractivity contribution in [3.8, 4) is 0 Å². The molecule has 1 fully saturated rings. The second kappa shape index (κ2) is 6.86. The Morgan fingerprint density at radius 1 is 1.17 bits per heavy atom. The SMILES string of the molecule is Cc1ccc(C(=O)N2CCC(C(=O)Nc3cc(C)on3)CC2)cc1. The van der Waals surface area contributed by atoms with Gasteiger partial charge in [-0.25, -0.2) is 0 Å². The first kappa shape index (κ1) is 16.2. The smallest absolute Gasteiger partial charge is 0.253 e. The number of hydrogen-bond donors (Lipinski definition) is 1. The van der Waals surface area contributed by atoms with Gasteiger partial charge in [0, 0.05) is 30.6 Å². The van der Waals surface area contributed by atoms with Crippen LogP contribution in [-0.2, 0) is 4.79 Å². The second-order valence-electron chi connectivity index (χ2n) is 6.24. The Balaban J connectivity index is 1.54. The van der Waals surface area contributed by atoms with E-state index in [1.54, 1.807) is 13.0 Å². The van der Waals surface area contributed by atoms with Crippen LogP contribution in [0.15, 0.2) is 34.9 Å². The third-order valence-corrected chi connectivity index (χ3v) is 4.33. The quantitative estimate of drug-likeness (QED) is 0.940. The van der Waals surface area contributed by atoms with E-state index in [4.69, 9.17) is 4.52 Å². The molecule has 6 nitrogen and oxygen atoms in total. The lowest BCUT2D eigenvalue weighted by Gasteiger charge is -2.31. The van der Waals surface area contributed by atoms with E-state index >= 15 is 0 Å². The van der Waals surface area contributed by atoms with Gasteiger partial charge in [0.2, 0.25) is 5.91 Å². The second-order valence-corrected chi connectivity index (χ2v) is 6.24. The molecule has 24 heavy (non-hydrogen) atoms. The number of carbonyl (C=O) groups excluding carboxylic acids is 2. The molecule has 1 aliphatic heterocycles. The van der Waals surface area contributed by atoms with E-state index in [0.29, 0.717) is 43.1 Å². The lowest BCUT2D eigenvalue weighted by molar-refractivity contribution is -0.121. The van der Waals surface area contributed by atoms with E-state index in [-0.39, 0.29) is 17.7 Å². The monoisotopic (exact) mass is 327 g/mol. The zero-order valence-electron chi connectivity index (χ0n) is 13.9. The summed E-state index contributed by atoms with van der Waals surface area (Å²) in [4.78, 5) is 26.6. The number of anilines is 1. The number of aromatic nitrogens is 1. The topological polar surface area (TPSA) is 75.4 Å². The number of hydrogen-bond acceptors (Lipinski definition) is 4. The van der Waals surface area contributed by atoms with Crippen LogP contribution in [0.2, 0.25) is 0 Å². The predicted octanol–water partition coefficient (Wildman–Crippen LogP) is 2.78. The van der Waals surface area contributed by atoms with Gasteiger partial charge in [-0.2, -0.15) is 0 Å². The minimum Gasteiger partial charge on any atom is -0.360 e. The van der Waals surface area contributed by atoms with Crippen molar-refractivity contribution in [2.24, 2.45) is 5.92 Å². The van der Waals surface area contributed by atoms with Gasteiger partial charge in [-0.1, -0.05) is 22.9 Å². The molecule has 1 aliphatic rings. The molecular formula is C18H21N3O3. The third kappa shape index (κ3) is 3.64. The molecule has 2 amide bonds. The first-order valence-corrected chi connectivity index (χ1v) is 8.13. The lowest BCUT2D eigenvalue weighted by Crippen LogP contribution is -2.41. The van der Waals surface area contributed by atoms with Crippen LogP contribution >= 0.6 is 0 Å². The van der Waals surface area contributed by atoms with E-state index < -0.39 is 0 Å². The Hall–Kier alpha value is -2.63. The first-order chi connectivity index (χ1) is 11.5. The summed E-state index contributed by atoms with van der Waals surface area (Å²) < 4.78 is 4.94. The summed E-state index contributed by atoms with van der Waals surface area (Å²) in [6, 6.07) is 9.27. The Bertz CT molecular complexity index is 728. The first-order valence-electron chi connectivity index (χ1n) is 8.13. The fourth-order valence-corrected chi connectivity index (χ4v) is 2.88. The maximum atomic E-state index is 12.5. The van der Waals surface area contributed by atoms with Crippen molar-refractivity contribution in [1.82, 2.24) is 10.1 Å². The molecule has 0 atom stereocenters. The number of rotatable bonds is 3. The molecule has 0 unspecified atom stereocenters. The molecule has 0 saturated carbocycles. The van der Waals surface area contributed by atoms with Gasteiger partial charge in [0.05, 0.1) is 0 Å². The van der Waals surface area contributed by atoms with Crippen molar-refractivity contribution in [1.29, 1.82) is 0 Å². The van der Waals surface area contributed by atoms with Crippen LogP contribution in [0.4, 0.5) is 5.82 Å². The van der Waals surface area contributed by atoms with Crippen LogP contribution in [0.1, 0.15) is 34.5 Å². The summed E-state index contributed by atoms with van der Waals surface area (Å²) >= 11 is 0. The Morgan fingerprint density at radius 3 is 2.42 bits per heavy atom. The van der Waals surface area contributed by atoms with Crippen molar-refractivity contribution >= 4 is 17.6 Å². The molecule has 126 valence electrons. The zero-order valence-corrected chi connectivity index (χ0v) is 13.9. The minimum absolute atomic E-state index is 0.0287. The number of nitrogens with zero attached hydrogens (tertiary/aromatic N) is 2. The summed E-state index contributed by atoms with van der Waals surface area (Å²) in [5.74, 6) is 0.954. The summed E-state index contributed by atoms with van der Waals surface area (Å²) in [5.41, 5.74) is 1.83. The maximum Gasteiger partial charge on any atom is 0.253 e. The molecule has 1 aromatic heterocycles. The molecule has 0 aliphatic carbocycles. The summed E-state index contributed by atoms with van der Waals surface area (Å²) in [7, 11) is 0. The van der Waals surface area contributed by atoms with Crippen molar-refractivity contribution in [2.45, 2.75) is 26.7 Å². The van der Waals surface area contributed by atoms with Crippen LogP contribution in [0, 0.1) is 19.8 Å². The van der Waals surface area contributed by atoms with E-state index in [0.717, 1.165) is 5.56 Å². The number of amides is 2. The summed E-state index contributed by atoms with van der Waals surface area (Å²) in [6.07, 6.45) is 1.31. The average molecular weight is 327 g/mol. The summed E-state index contributed by atoms with van der Waals surface area (Å²) in [6.45, 7) is 4.94. The fraction of sp³-hybridized carbons (Fsp3) is 0.389. The number of likely N-dealkylation sites (tertiary alicyclic amines) is 1. The zero-order chi connectivity index (χ0) is 17.1. The van der Waals surface area contributed by atoms with E-state index in [2.05, 4.69) is 10.5 Å². The Morgan fingerprint density at radius 2 is 1.83 bits per heavy atom. The number of piperidine rings is 1. The van der Waals surface area contributed by atoms with Crippen molar-refractivity contribution in [3.63, 3.8) is 0 Å². The Kier molecular flexibility index (Phi) is 4.64. The van der Waals surface area contributed by atoms with Crippen molar-refractivity contribution in [3.05, 3.63) is 47.2 Å². The number of benzene rings is 1. The molecule has 2 aromatic rings. The fourth-order valence-electron chi connectivity index (χ4n) is 2.88. The van der Waals surface area contributed by atoms with Crippen molar-refractivity contribution < 1.29 is 14.1 Å². The van der Waals surface area contributed by atoms with Gasteiger partial charge in [0.1, 0.15) is 5.76 Å². The molecule has 0 radical (unpaired) electrons. The van der Waals surface area contributed by atoms with Crippen LogP contribution < -0.4 is 5.32 Å². The highest BCUT2D eigenvalue weighted by Gasteiger charge is 2.28. The van der Waals surface area contributed by atoms with E-state index in [1.807, 2.05) is 36.1 Å². The molecule has 1 aromatic carbocycles. The van der Waals surface area contributed by atoms with Gasteiger partial charge in [0.15, 0.2) is 5.82 Å². The van der Waals surface area contributed by atoms with Crippen LogP contribution in [0.5, 0.6) is 0 Å². The average Bonchev–Trinajstić information content (AvgIpc) is 3.00. The predicted molar refractivity (Wildman–Crippen MR) is 89.7 cm³/mol.